The van der Waals surface area contributed by atoms with E-state index in [1.807, 2.05) is 49.4 Å². The molecule has 1 aliphatic heterocycles. The second-order valence-corrected chi connectivity index (χ2v) is 13.8. The molecule has 5 amide bonds. The number of ketones is 1. The zero-order valence-electron chi connectivity index (χ0n) is 29.6. The fourth-order valence-corrected chi connectivity index (χ4v) is 6.59. The maximum absolute atomic E-state index is 14.3. The van der Waals surface area contributed by atoms with E-state index in [1.54, 1.807) is 34.6 Å². The van der Waals surface area contributed by atoms with Gasteiger partial charge in [0.2, 0.25) is 23.5 Å². The fourth-order valence-electron chi connectivity index (χ4n) is 6.59. The number of carbonyl (C=O) groups is 6. The number of hydrogen-bond acceptors (Lipinski definition) is 8. The number of benzene rings is 1. The lowest BCUT2D eigenvalue weighted by atomic mass is 9.92. The first-order valence-corrected chi connectivity index (χ1v) is 17.4. The van der Waals surface area contributed by atoms with E-state index in [2.05, 4.69) is 31.2 Å². The van der Waals surface area contributed by atoms with Crippen molar-refractivity contribution in [1.29, 1.82) is 0 Å². The van der Waals surface area contributed by atoms with Gasteiger partial charge in [0.05, 0.1) is 18.3 Å². The van der Waals surface area contributed by atoms with E-state index < -0.39 is 65.5 Å². The van der Waals surface area contributed by atoms with Crippen molar-refractivity contribution in [1.82, 2.24) is 36.1 Å². The molecular formula is C37H49N7O6. The van der Waals surface area contributed by atoms with Crippen LogP contribution in [-0.2, 0) is 24.0 Å². The van der Waals surface area contributed by atoms with Crippen molar-refractivity contribution in [2.24, 2.45) is 23.7 Å². The van der Waals surface area contributed by atoms with Crippen LogP contribution in [-0.4, -0.2) is 80.9 Å². The lowest BCUT2D eigenvalue weighted by molar-refractivity contribution is -0.145. The molecule has 1 fully saturated rings. The Hall–Kier alpha value is -4.94. The monoisotopic (exact) mass is 687 g/mol. The third-order valence-corrected chi connectivity index (χ3v) is 9.39. The summed E-state index contributed by atoms with van der Waals surface area (Å²) in [6.07, 6.45) is 9.43. The largest absolute Gasteiger partial charge is 0.344 e. The first kappa shape index (κ1) is 37.9. The van der Waals surface area contributed by atoms with Gasteiger partial charge in [0.15, 0.2) is 0 Å². The van der Waals surface area contributed by atoms with Gasteiger partial charge in [-0.1, -0.05) is 83.5 Å². The van der Waals surface area contributed by atoms with Crippen LogP contribution >= 0.6 is 0 Å². The summed E-state index contributed by atoms with van der Waals surface area (Å²) in [5.74, 6) is -4.62. The topological polar surface area (TPSA) is 180 Å². The molecule has 2 heterocycles. The van der Waals surface area contributed by atoms with Crippen molar-refractivity contribution in [2.75, 3.05) is 6.54 Å². The smallest absolute Gasteiger partial charge is 0.290 e. The summed E-state index contributed by atoms with van der Waals surface area (Å²) in [5.41, 5.74) is 0.889. The van der Waals surface area contributed by atoms with Gasteiger partial charge in [0.25, 0.3) is 11.8 Å². The van der Waals surface area contributed by atoms with Crippen LogP contribution in [0.25, 0.3) is 0 Å². The lowest BCUT2D eigenvalue weighted by Crippen LogP contribution is -2.60. The fraction of sp³-hybridized carbons (Fsp3) is 0.514. The van der Waals surface area contributed by atoms with E-state index in [9.17, 15) is 28.8 Å². The van der Waals surface area contributed by atoms with Gasteiger partial charge >= 0.3 is 0 Å². The van der Waals surface area contributed by atoms with Crippen LogP contribution in [0.15, 0.2) is 61.1 Å². The first-order chi connectivity index (χ1) is 23.8. The number of Topliss-reactive ketones (excluding diaryl/α,β-unsaturated/α-hetero) is 1. The molecule has 2 aliphatic rings. The number of nitrogens with zero attached hydrogens (tertiary/aromatic N) is 3. The summed E-state index contributed by atoms with van der Waals surface area (Å²) in [4.78, 5) is 90.6. The Kier molecular flexibility index (Phi) is 13.0. The van der Waals surface area contributed by atoms with Crippen molar-refractivity contribution in [3.8, 4) is 0 Å². The van der Waals surface area contributed by atoms with E-state index in [0.29, 0.717) is 12.8 Å². The summed E-state index contributed by atoms with van der Waals surface area (Å²) in [6.45, 7) is 11.0. The lowest BCUT2D eigenvalue weighted by Gasteiger charge is -2.33. The van der Waals surface area contributed by atoms with Crippen LogP contribution in [0.4, 0.5) is 0 Å². The Morgan fingerprint density at radius 2 is 1.58 bits per heavy atom. The third kappa shape index (κ3) is 8.99. The van der Waals surface area contributed by atoms with E-state index >= 15 is 0 Å². The molecule has 1 saturated heterocycles. The molecule has 13 nitrogen and oxygen atoms in total. The van der Waals surface area contributed by atoms with Gasteiger partial charge in [-0.3, -0.25) is 33.8 Å². The molecule has 1 aromatic heterocycles. The summed E-state index contributed by atoms with van der Waals surface area (Å²) in [5, 5.41) is 11.1. The molecule has 0 spiro atoms. The first-order valence-electron chi connectivity index (χ1n) is 17.4. The summed E-state index contributed by atoms with van der Waals surface area (Å²) >= 11 is 0. The molecule has 0 saturated carbocycles. The number of rotatable bonds is 15. The Labute approximate surface area is 293 Å². The van der Waals surface area contributed by atoms with E-state index in [-0.39, 0.29) is 42.3 Å². The molecule has 13 heteroatoms. The number of fused-ring (bicyclic) bond motifs is 1. The molecule has 0 unspecified atom stereocenters. The molecule has 4 N–H and O–H groups in total. The maximum atomic E-state index is 14.3. The standard InChI is InChI=1S/C37H49N7O6/c1-7-12-27(32(45)36(49)40-23(6)24-13-9-8-10-14-24)41-35(48)31-26-16-11-15-25(26)20-44(31)37(50)30(22(4)5)43-34(47)29(21(2)3)42-33(46)28-19-38-17-18-39-28/h8-11,13-15,17-19,21-23,25-27,29-31H,7,12,16,20H2,1-6H3,(H,40,49)(H,41,48)(H,42,46)(H,43,47)/t23-,25-,26-,27+,29-,30-,31-/m0/s1. The molecule has 4 rings (SSSR count). The van der Waals surface area contributed by atoms with Gasteiger partial charge < -0.3 is 26.2 Å². The van der Waals surface area contributed by atoms with Crippen LogP contribution in [0.2, 0.25) is 0 Å². The van der Waals surface area contributed by atoms with Crippen LogP contribution < -0.4 is 21.3 Å². The number of amides is 5. The number of nitrogens with one attached hydrogen (secondary N) is 4. The molecule has 0 bridgehead atoms. The van der Waals surface area contributed by atoms with E-state index in [0.717, 1.165) is 5.56 Å². The van der Waals surface area contributed by atoms with Gasteiger partial charge in [-0.15, -0.1) is 0 Å². The van der Waals surface area contributed by atoms with Crippen LogP contribution in [0.1, 0.15) is 82.9 Å². The Morgan fingerprint density at radius 3 is 2.20 bits per heavy atom. The van der Waals surface area contributed by atoms with Gasteiger partial charge in [-0.25, -0.2) is 4.98 Å². The highest BCUT2D eigenvalue weighted by atomic mass is 16.2. The summed E-state index contributed by atoms with van der Waals surface area (Å²) in [6, 6.07) is 4.85. The second-order valence-electron chi connectivity index (χ2n) is 13.8. The van der Waals surface area contributed by atoms with Gasteiger partial charge in [0, 0.05) is 24.9 Å². The molecule has 1 aliphatic carbocycles. The van der Waals surface area contributed by atoms with Crippen LogP contribution in [0.3, 0.4) is 0 Å². The Morgan fingerprint density at radius 1 is 0.880 bits per heavy atom. The number of carbonyl (C=O) groups excluding carboxylic acids is 6. The number of aromatic nitrogens is 2. The highest BCUT2D eigenvalue weighted by Gasteiger charge is 2.50. The van der Waals surface area contributed by atoms with Crippen molar-refractivity contribution in [3.05, 3.63) is 72.3 Å². The Balaban J connectivity index is 1.50. The third-order valence-electron chi connectivity index (χ3n) is 9.39. The predicted molar refractivity (Wildman–Crippen MR) is 186 cm³/mol. The van der Waals surface area contributed by atoms with Crippen molar-refractivity contribution < 1.29 is 28.8 Å². The van der Waals surface area contributed by atoms with Crippen LogP contribution in [0, 0.1) is 23.7 Å². The zero-order valence-corrected chi connectivity index (χ0v) is 29.6. The van der Waals surface area contributed by atoms with Crippen molar-refractivity contribution >= 4 is 35.3 Å². The van der Waals surface area contributed by atoms with Gasteiger partial charge in [-0.05, 0) is 43.1 Å². The average molecular weight is 688 g/mol. The minimum atomic E-state index is -1.08. The van der Waals surface area contributed by atoms with Crippen molar-refractivity contribution in [2.45, 2.75) is 91.0 Å². The number of likely N-dealkylation sites (tertiary alicyclic amines) is 1. The predicted octanol–water partition coefficient (Wildman–Crippen LogP) is 2.51. The SMILES string of the molecule is CCC[C@@H](NC(=O)[C@@H]1[C@H]2CC=C[C@H]2CN1C(=O)[C@@H](NC(=O)[C@@H](NC(=O)c1cnccn1)C(C)C)C(C)C)C(=O)C(=O)N[C@@H](C)c1ccccc1. The minimum absolute atomic E-state index is 0.0519. The molecule has 7 atom stereocenters. The molecule has 50 heavy (non-hydrogen) atoms. The van der Waals surface area contributed by atoms with E-state index in [1.165, 1.54) is 23.5 Å². The molecular weight excluding hydrogens is 638 g/mol. The maximum Gasteiger partial charge on any atom is 0.290 e. The zero-order chi connectivity index (χ0) is 36.5. The quantitative estimate of drug-likeness (QED) is 0.163. The van der Waals surface area contributed by atoms with Crippen molar-refractivity contribution in [3.63, 3.8) is 0 Å². The Bertz CT molecular complexity index is 1560. The molecule has 0 radical (unpaired) electrons. The second kappa shape index (κ2) is 17.1. The number of allylic oxidation sites excluding steroid dienone is 1. The highest BCUT2D eigenvalue weighted by Crippen LogP contribution is 2.39. The molecule has 268 valence electrons. The normalized spacial score (nSPS) is 20.4. The minimum Gasteiger partial charge on any atom is -0.344 e. The summed E-state index contributed by atoms with van der Waals surface area (Å²) in [7, 11) is 0. The number of hydrogen-bond donors (Lipinski definition) is 4. The van der Waals surface area contributed by atoms with Gasteiger partial charge in [-0.2, -0.15) is 0 Å². The summed E-state index contributed by atoms with van der Waals surface area (Å²) < 4.78 is 0. The van der Waals surface area contributed by atoms with Gasteiger partial charge in [0.1, 0.15) is 23.8 Å². The molecule has 2 aromatic rings. The van der Waals surface area contributed by atoms with E-state index in [4.69, 9.17) is 0 Å². The highest BCUT2D eigenvalue weighted by molar-refractivity contribution is 6.38. The molecule has 1 aromatic carbocycles. The average Bonchev–Trinajstić information content (AvgIpc) is 3.71. The van der Waals surface area contributed by atoms with Crippen LogP contribution in [0.5, 0.6) is 0 Å².